The lowest BCUT2D eigenvalue weighted by atomic mass is 9.97. The van der Waals surface area contributed by atoms with Gasteiger partial charge in [0, 0.05) is 33.7 Å². The molecule has 0 bridgehead atoms. The van der Waals surface area contributed by atoms with Crippen LogP contribution >= 0.6 is 0 Å². The number of carbonyl (C=O) groups excluding carboxylic acids is 2. The van der Waals surface area contributed by atoms with Gasteiger partial charge in [-0.3, -0.25) is 9.59 Å². The molecule has 0 radical (unpaired) electrons. The van der Waals surface area contributed by atoms with Crippen LogP contribution in [-0.2, 0) is 10.9 Å². The van der Waals surface area contributed by atoms with E-state index in [-0.39, 0.29) is 22.5 Å². The van der Waals surface area contributed by atoms with Crippen molar-refractivity contribution in [3.8, 4) is 0 Å². The van der Waals surface area contributed by atoms with Gasteiger partial charge in [0.05, 0.1) is 23.5 Å². The summed E-state index contributed by atoms with van der Waals surface area (Å²) in [6.45, 7) is 5.89. The van der Waals surface area contributed by atoms with Crippen LogP contribution in [0.5, 0.6) is 0 Å². The number of ketones is 2. The molecule has 0 spiro atoms. The molecule has 3 nitrogen and oxygen atoms in total. The first-order valence-corrected chi connectivity index (χ1v) is 12.0. The van der Waals surface area contributed by atoms with E-state index in [4.69, 9.17) is 0 Å². The second-order valence-corrected chi connectivity index (χ2v) is 9.97. The molecular formula is C26H24NO2S+. The second-order valence-electron chi connectivity index (χ2n) is 7.71. The molecule has 0 N–H and O–H groups in total. The molecule has 4 heteroatoms. The molecule has 0 amide bonds. The molecule has 0 aliphatic carbocycles. The monoisotopic (exact) mass is 414 g/mol. The number of hydrogen-bond donors (Lipinski definition) is 0. The predicted octanol–water partition coefficient (Wildman–Crippen LogP) is 5.50. The van der Waals surface area contributed by atoms with Gasteiger partial charge in [0.25, 0.3) is 0 Å². The average Bonchev–Trinajstić information content (AvgIpc) is 3.05. The lowest BCUT2D eigenvalue weighted by Crippen LogP contribution is -2.13. The Labute approximate surface area is 179 Å². The van der Waals surface area contributed by atoms with E-state index < -0.39 is 0 Å². The topological polar surface area (TPSA) is 39.1 Å². The Morgan fingerprint density at radius 1 is 0.933 bits per heavy atom. The van der Waals surface area contributed by atoms with Gasteiger partial charge >= 0.3 is 0 Å². The molecule has 0 aliphatic rings. The summed E-state index contributed by atoms with van der Waals surface area (Å²) in [5.74, 6) is 0.697. The van der Waals surface area contributed by atoms with Crippen LogP contribution in [0.1, 0.15) is 31.8 Å². The van der Waals surface area contributed by atoms with Gasteiger partial charge < -0.3 is 4.57 Å². The number of fused-ring (bicyclic) bond motifs is 3. The summed E-state index contributed by atoms with van der Waals surface area (Å²) >= 11 is 0. The number of carbonyl (C=O) groups is 2. The number of benzene rings is 3. The van der Waals surface area contributed by atoms with Gasteiger partial charge in [-0.25, -0.2) is 0 Å². The number of aromatic nitrogens is 1. The van der Waals surface area contributed by atoms with E-state index in [2.05, 4.69) is 19.1 Å². The summed E-state index contributed by atoms with van der Waals surface area (Å²) in [4.78, 5) is 25.8. The summed E-state index contributed by atoms with van der Waals surface area (Å²) in [7, 11) is 0.0477. The Balaban J connectivity index is 1.90. The van der Waals surface area contributed by atoms with Crippen molar-refractivity contribution in [2.75, 3.05) is 18.3 Å². The van der Waals surface area contributed by atoms with Crippen LogP contribution in [0.25, 0.3) is 28.0 Å². The molecule has 0 unspecified atom stereocenters. The van der Waals surface area contributed by atoms with Gasteiger partial charge in [-0.15, -0.1) is 0 Å². The Morgan fingerprint density at radius 2 is 1.53 bits per heavy atom. The first kappa shape index (κ1) is 20.2. The Morgan fingerprint density at radius 3 is 2.13 bits per heavy atom. The fourth-order valence-corrected chi connectivity index (χ4v) is 4.58. The SMILES string of the molecule is C=Cn1c2ccc(C(=O)C[S+](C)C)cc2c2cc(C(=O)c3ccccc3C)ccc21. The zero-order valence-electron chi connectivity index (χ0n) is 17.4. The van der Waals surface area contributed by atoms with E-state index in [0.717, 1.165) is 27.4 Å². The molecule has 0 atom stereocenters. The lowest BCUT2D eigenvalue weighted by molar-refractivity contribution is 0.101. The van der Waals surface area contributed by atoms with Crippen molar-refractivity contribution in [3.63, 3.8) is 0 Å². The first-order valence-electron chi connectivity index (χ1n) is 9.78. The molecule has 0 aliphatic heterocycles. The standard InChI is InChI=1S/C26H24NO2S/c1-5-27-23-12-10-18(25(28)16-30(3)4)14-21(23)22-15-19(11-13-24(22)27)26(29)20-9-7-6-8-17(20)2/h5-15H,1,16H2,2-4H3/q+1. The van der Waals surface area contributed by atoms with Crippen LogP contribution in [0.3, 0.4) is 0 Å². The molecular weight excluding hydrogens is 390 g/mol. The normalized spacial score (nSPS) is 11.3. The maximum atomic E-state index is 13.1. The molecule has 150 valence electrons. The van der Waals surface area contributed by atoms with Crippen molar-refractivity contribution in [2.45, 2.75) is 6.92 Å². The van der Waals surface area contributed by atoms with Gasteiger partial charge in [-0.2, -0.15) is 0 Å². The predicted molar refractivity (Wildman–Crippen MR) is 129 cm³/mol. The Kier molecular flexibility index (Phi) is 5.35. The third-order valence-corrected chi connectivity index (χ3v) is 6.22. The Bertz CT molecular complexity index is 1310. The van der Waals surface area contributed by atoms with Crippen molar-refractivity contribution < 1.29 is 9.59 Å². The van der Waals surface area contributed by atoms with Crippen molar-refractivity contribution in [1.82, 2.24) is 4.57 Å². The van der Waals surface area contributed by atoms with Crippen molar-refractivity contribution in [2.24, 2.45) is 0 Å². The zero-order chi connectivity index (χ0) is 21.4. The van der Waals surface area contributed by atoms with Crippen LogP contribution in [-0.4, -0.2) is 34.4 Å². The highest BCUT2D eigenvalue weighted by Gasteiger charge is 2.18. The van der Waals surface area contributed by atoms with Crippen LogP contribution in [0, 0.1) is 6.92 Å². The fourth-order valence-electron chi connectivity index (χ4n) is 3.89. The first-order chi connectivity index (χ1) is 14.4. The molecule has 30 heavy (non-hydrogen) atoms. The number of rotatable bonds is 6. The van der Waals surface area contributed by atoms with Crippen molar-refractivity contribution >= 4 is 50.5 Å². The third-order valence-electron chi connectivity index (χ3n) is 5.38. The second kappa shape index (κ2) is 7.96. The largest absolute Gasteiger partial charge is 0.317 e. The maximum absolute atomic E-state index is 13.1. The molecule has 1 aromatic heterocycles. The van der Waals surface area contributed by atoms with Gasteiger partial charge in [-0.1, -0.05) is 30.8 Å². The molecule has 0 saturated heterocycles. The van der Waals surface area contributed by atoms with E-state index in [0.29, 0.717) is 22.4 Å². The lowest BCUT2D eigenvalue weighted by Gasteiger charge is -2.05. The minimum atomic E-state index is 0.00254. The van der Waals surface area contributed by atoms with E-state index in [1.54, 1.807) is 6.20 Å². The van der Waals surface area contributed by atoms with E-state index >= 15 is 0 Å². The fraction of sp³-hybridized carbons (Fsp3) is 0.154. The maximum Gasteiger partial charge on any atom is 0.211 e. The summed E-state index contributed by atoms with van der Waals surface area (Å²) < 4.78 is 2.01. The number of aryl methyl sites for hydroxylation is 1. The van der Waals surface area contributed by atoms with Gasteiger partial charge in [0.2, 0.25) is 5.78 Å². The summed E-state index contributed by atoms with van der Waals surface area (Å²) in [6, 6.07) is 19.2. The van der Waals surface area contributed by atoms with E-state index in [1.165, 1.54) is 0 Å². The van der Waals surface area contributed by atoms with E-state index in [9.17, 15) is 9.59 Å². The van der Waals surface area contributed by atoms with Crippen LogP contribution < -0.4 is 0 Å². The average molecular weight is 415 g/mol. The van der Waals surface area contributed by atoms with Crippen LogP contribution in [0.15, 0.2) is 67.2 Å². The highest BCUT2D eigenvalue weighted by atomic mass is 32.2. The number of nitrogens with zero attached hydrogens (tertiary/aromatic N) is 1. The summed E-state index contributed by atoms with van der Waals surface area (Å²) in [5.41, 5.74) is 4.96. The molecule has 4 rings (SSSR count). The highest BCUT2D eigenvalue weighted by Crippen LogP contribution is 2.32. The Hall–Kier alpha value is -3.11. The minimum absolute atomic E-state index is 0.00254. The quantitative estimate of drug-likeness (QED) is 0.309. The molecule has 1 heterocycles. The zero-order valence-corrected chi connectivity index (χ0v) is 18.3. The molecule has 0 saturated carbocycles. The third kappa shape index (κ3) is 3.48. The van der Waals surface area contributed by atoms with Crippen molar-refractivity contribution in [1.29, 1.82) is 0 Å². The minimum Gasteiger partial charge on any atom is -0.317 e. The summed E-state index contributed by atoms with van der Waals surface area (Å²) in [5, 5.41) is 1.91. The number of hydrogen-bond acceptors (Lipinski definition) is 2. The van der Waals surface area contributed by atoms with Gasteiger partial charge in [-0.05, 0) is 59.8 Å². The van der Waals surface area contributed by atoms with Crippen molar-refractivity contribution in [3.05, 3.63) is 89.5 Å². The highest BCUT2D eigenvalue weighted by molar-refractivity contribution is 7.96. The van der Waals surface area contributed by atoms with Gasteiger partial charge in [0.15, 0.2) is 11.5 Å². The smallest absolute Gasteiger partial charge is 0.211 e. The van der Waals surface area contributed by atoms with E-state index in [1.807, 2.05) is 72.2 Å². The molecule has 0 fully saturated rings. The number of Topliss-reactive ketones (excluding diaryl/α,β-unsaturated/α-hetero) is 1. The summed E-state index contributed by atoms with van der Waals surface area (Å²) in [6.07, 6.45) is 5.91. The van der Waals surface area contributed by atoms with Crippen LogP contribution in [0.4, 0.5) is 0 Å². The van der Waals surface area contributed by atoms with Gasteiger partial charge in [0.1, 0.15) is 0 Å². The molecule has 3 aromatic carbocycles. The molecule has 4 aromatic rings. The van der Waals surface area contributed by atoms with Crippen LogP contribution in [0.2, 0.25) is 0 Å².